The van der Waals surface area contributed by atoms with Crippen molar-refractivity contribution in [1.29, 1.82) is 0 Å². The highest BCUT2D eigenvalue weighted by molar-refractivity contribution is 6.03. The number of nitrogen functional groups attached to an aromatic ring is 1. The molecule has 1 amide bonds. The summed E-state index contributed by atoms with van der Waals surface area (Å²) in [6.45, 7) is 4.13. The van der Waals surface area contributed by atoms with Crippen molar-refractivity contribution in [3.8, 4) is 17.5 Å². The Morgan fingerprint density at radius 2 is 1.88 bits per heavy atom. The Hall–Kier alpha value is -4.94. The summed E-state index contributed by atoms with van der Waals surface area (Å²) in [5, 5.41) is 8.93. The first-order chi connectivity index (χ1) is 19.5. The normalized spacial score (nSPS) is 13.3. The van der Waals surface area contributed by atoms with E-state index in [1.54, 1.807) is 18.5 Å². The van der Waals surface area contributed by atoms with Gasteiger partial charge in [0.1, 0.15) is 5.56 Å². The Bertz CT molecular complexity index is 1790. The fourth-order valence-corrected chi connectivity index (χ4v) is 4.93. The third-order valence-corrected chi connectivity index (χ3v) is 6.92. The molecule has 4 heterocycles. The lowest BCUT2D eigenvalue weighted by atomic mass is 9.97. The van der Waals surface area contributed by atoms with Crippen LogP contribution in [0.25, 0.3) is 22.1 Å². The van der Waals surface area contributed by atoms with Crippen LogP contribution in [0.3, 0.4) is 0 Å². The minimum atomic E-state index is -0.619. The van der Waals surface area contributed by atoms with Crippen LogP contribution in [0.2, 0.25) is 0 Å². The van der Waals surface area contributed by atoms with Gasteiger partial charge in [0, 0.05) is 35.3 Å². The van der Waals surface area contributed by atoms with Gasteiger partial charge in [-0.05, 0) is 68.1 Å². The van der Waals surface area contributed by atoms with E-state index in [0.29, 0.717) is 11.6 Å². The first-order valence-corrected chi connectivity index (χ1v) is 13.3. The van der Waals surface area contributed by atoms with Crippen molar-refractivity contribution in [2.45, 2.75) is 26.2 Å². The lowest BCUT2D eigenvalue weighted by Gasteiger charge is -2.17. The summed E-state index contributed by atoms with van der Waals surface area (Å²) in [4.78, 5) is 28.4. The van der Waals surface area contributed by atoms with E-state index in [9.17, 15) is 9.59 Å². The van der Waals surface area contributed by atoms with Crippen LogP contribution in [0, 0.1) is 17.8 Å². The predicted molar refractivity (Wildman–Crippen MR) is 157 cm³/mol. The molecule has 40 heavy (non-hydrogen) atoms. The molecule has 0 atom stereocenters. The minimum absolute atomic E-state index is 0.0192. The highest BCUT2D eigenvalue weighted by Crippen LogP contribution is 2.20. The smallest absolute Gasteiger partial charge is 0.264 e. The van der Waals surface area contributed by atoms with E-state index in [1.165, 1.54) is 4.52 Å². The number of pyridine rings is 1. The number of rotatable bonds is 3. The van der Waals surface area contributed by atoms with Crippen LogP contribution in [0.4, 0.5) is 5.82 Å². The van der Waals surface area contributed by atoms with E-state index in [1.807, 2.05) is 53.1 Å². The molecule has 1 fully saturated rings. The van der Waals surface area contributed by atoms with E-state index in [4.69, 9.17) is 11.5 Å². The van der Waals surface area contributed by atoms with Gasteiger partial charge in [0.15, 0.2) is 11.5 Å². The Morgan fingerprint density at radius 1 is 1.10 bits per heavy atom. The summed E-state index contributed by atoms with van der Waals surface area (Å²) >= 11 is 0. The summed E-state index contributed by atoms with van der Waals surface area (Å²) in [7, 11) is 0. The number of hydrogen-bond donors (Lipinski definition) is 3. The maximum atomic E-state index is 13.5. The number of primary amides is 1. The molecule has 202 valence electrons. The maximum Gasteiger partial charge on any atom is 0.264 e. The number of benzene rings is 2. The number of anilines is 1. The molecule has 2 aromatic carbocycles. The number of para-hydroxylation sites is 1. The highest BCUT2D eigenvalue weighted by Gasteiger charge is 2.16. The van der Waals surface area contributed by atoms with Gasteiger partial charge in [-0.25, -0.2) is 9.50 Å². The zero-order valence-electron chi connectivity index (χ0n) is 22.3. The molecule has 0 spiro atoms. The molecule has 1 aliphatic rings. The Morgan fingerprint density at radius 3 is 2.60 bits per heavy atom. The summed E-state index contributed by atoms with van der Waals surface area (Å²) in [5.74, 6) is 6.62. The number of aryl methyl sites for hydroxylation is 1. The van der Waals surface area contributed by atoms with Crippen LogP contribution in [-0.2, 0) is 6.42 Å². The van der Waals surface area contributed by atoms with Crippen molar-refractivity contribution in [2.75, 3.05) is 18.8 Å². The summed E-state index contributed by atoms with van der Waals surface area (Å²) in [6, 6.07) is 19.7. The van der Waals surface area contributed by atoms with E-state index < -0.39 is 5.91 Å². The molecule has 0 radical (unpaired) electrons. The highest BCUT2D eigenvalue weighted by atomic mass is 16.1. The third-order valence-electron chi connectivity index (χ3n) is 6.92. The second kappa shape index (κ2) is 11.8. The maximum absolute atomic E-state index is 13.5. The summed E-state index contributed by atoms with van der Waals surface area (Å²) < 4.78 is 3.24. The van der Waals surface area contributed by atoms with Crippen LogP contribution < -0.4 is 22.3 Å². The van der Waals surface area contributed by atoms with Crippen LogP contribution in [-0.4, -0.2) is 38.2 Å². The molecule has 0 aliphatic carbocycles. The molecule has 0 unspecified atom stereocenters. The lowest BCUT2D eigenvalue weighted by Crippen LogP contribution is -2.27. The number of nitrogens with two attached hydrogens (primary N) is 2. The number of piperidine rings is 1. The van der Waals surface area contributed by atoms with Gasteiger partial charge < -0.3 is 16.8 Å². The fraction of sp³-hybridized carbons (Fsp3) is 0.226. The monoisotopic (exact) mass is 533 g/mol. The standard InChI is InChI=1S/C24H24N2O.C7H7N5O/c1-2-21-17-20-8-6-7-19(12-11-18-13-15-25-16-14-18)23(20)24(27)26(21)22-9-4-3-5-10-22;8-5-4(6(9)13)7-10-2-1-3-12(7)11-5/h3-10,17-18,25H,2,13-16H2,1H3;1-3H,(H2,8,11)(H2,9,13). The van der Waals surface area contributed by atoms with Crippen LogP contribution in [0.15, 0.2) is 77.9 Å². The second-order valence-corrected chi connectivity index (χ2v) is 9.54. The number of hydrogen-bond acceptors (Lipinski definition) is 6. The molecular weight excluding hydrogens is 502 g/mol. The quantitative estimate of drug-likeness (QED) is 0.305. The molecule has 1 saturated heterocycles. The molecule has 0 saturated carbocycles. The number of fused-ring (bicyclic) bond motifs is 2. The summed E-state index contributed by atoms with van der Waals surface area (Å²) in [6.07, 6.45) is 6.14. The average molecular weight is 534 g/mol. The van der Waals surface area contributed by atoms with Gasteiger partial charge in [0.05, 0.1) is 5.39 Å². The number of carbonyl (C=O) groups excluding carboxylic acids is 1. The van der Waals surface area contributed by atoms with E-state index in [2.05, 4.69) is 40.2 Å². The molecular formula is C31H31N7O2. The number of aromatic nitrogens is 4. The number of nitrogens with zero attached hydrogens (tertiary/aromatic N) is 4. The van der Waals surface area contributed by atoms with Crippen LogP contribution in [0.5, 0.6) is 0 Å². The topological polar surface area (TPSA) is 133 Å². The Kier molecular flexibility index (Phi) is 7.89. The molecule has 1 aliphatic heterocycles. The molecule has 5 aromatic rings. The van der Waals surface area contributed by atoms with E-state index >= 15 is 0 Å². The Labute approximate surface area is 231 Å². The average Bonchev–Trinajstić information content (AvgIpc) is 3.33. The van der Waals surface area contributed by atoms with Crippen LogP contribution >= 0.6 is 0 Å². The summed E-state index contributed by atoms with van der Waals surface area (Å²) in [5.41, 5.74) is 13.9. The van der Waals surface area contributed by atoms with Gasteiger partial charge in [-0.15, -0.1) is 5.10 Å². The first-order valence-electron chi connectivity index (χ1n) is 13.3. The molecule has 3 aromatic heterocycles. The van der Waals surface area contributed by atoms with Gasteiger partial charge in [-0.2, -0.15) is 0 Å². The first kappa shape index (κ1) is 26.7. The van der Waals surface area contributed by atoms with Gasteiger partial charge in [0.2, 0.25) is 0 Å². The molecule has 5 N–H and O–H groups in total. The third kappa shape index (κ3) is 5.44. The minimum Gasteiger partial charge on any atom is -0.381 e. The molecule has 9 heteroatoms. The largest absolute Gasteiger partial charge is 0.381 e. The van der Waals surface area contributed by atoms with Crippen molar-refractivity contribution in [3.63, 3.8) is 0 Å². The van der Waals surface area contributed by atoms with Gasteiger partial charge in [0.25, 0.3) is 11.5 Å². The van der Waals surface area contributed by atoms with Gasteiger partial charge in [-0.3, -0.25) is 14.2 Å². The molecule has 9 nitrogen and oxygen atoms in total. The van der Waals surface area contributed by atoms with Gasteiger partial charge >= 0.3 is 0 Å². The second-order valence-electron chi connectivity index (χ2n) is 9.54. The molecule has 6 rings (SSSR count). The van der Waals surface area contributed by atoms with Crippen molar-refractivity contribution in [3.05, 3.63) is 100 Å². The fourth-order valence-electron chi connectivity index (χ4n) is 4.93. The molecule has 0 bridgehead atoms. The predicted octanol–water partition coefficient (Wildman–Crippen LogP) is 3.31. The zero-order valence-corrected chi connectivity index (χ0v) is 22.3. The number of nitrogens with one attached hydrogen (secondary N) is 1. The van der Waals surface area contributed by atoms with Gasteiger partial charge in [-0.1, -0.05) is 49.1 Å². The van der Waals surface area contributed by atoms with E-state index in [-0.39, 0.29) is 16.9 Å². The Balaban J connectivity index is 0.000000207. The lowest BCUT2D eigenvalue weighted by molar-refractivity contribution is 0.100. The number of amides is 1. The number of carbonyl (C=O) groups is 1. The van der Waals surface area contributed by atoms with Crippen molar-refractivity contribution >= 4 is 28.1 Å². The van der Waals surface area contributed by atoms with Crippen molar-refractivity contribution < 1.29 is 4.79 Å². The zero-order chi connectivity index (χ0) is 28.1. The van der Waals surface area contributed by atoms with E-state index in [0.717, 1.165) is 60.1 Å². The SMILES string of the molecule is CCc1cc2cccc(C#CC3CCNCC3)c2c(=O)n1-c1ccccc1.NC(=O)c1c(N)nn2cccnc12. The van der Waals surface area contributed by atoms with Crippen molar-refractivity contribution in [2.24, 2.45) is 11.7 Å². The van der Waals surface area contributed by atoms with Crippen molar-refractivity contribution in [1.82, 2.24) is 24.5 Å². The van der Waals surface area contributed by atoms with Crippen LogP contribution in [0.1, 0.15) is 41.4 Å².